The lowest BCUT2D eigenvalue weighted by Crippen LogP contribution is -2.27. The van der Waals surface area contributed by atoms with E-state index in [1.54, 1.807) is 24.3 Å². The maximum atomic E-state index is 12.2. The standard InChI is InChI=1S/C19H22N2O3/c1-3-21(15-9-5-4-6-10-15)14-13-18(22)20-17-12-8-7-11-16(17)19(23)24-2/h4-12H,3,13-14H2,1-2H3,(H,20,22). The molecule has 2 rings (SSSR count). The number of ether oxygens (including phenoxy) is 1. The maximum Gasteiger partial charge on any atom is 0.339 e. The molecule has 0 aliphatic heterocycles. The van der Waals surface area contributed by atoms with Gasteiger partial charge in [-0.2, -0.15) is 0 Å². The number of benzene rings is 2. The van der Waals surface area contributed by atoms with Gasteiger partial charge in [-0.05, 0) is 31.2 Å². The van der Waals surface area contributed by atoms with Crippen LogP contribution < -0.4 is 10.2 Å². The van der Waals surface area contributed by atoms with Crippen LogP contribution in [0.25, 0.3) is 0 Å². The molecule has 0 aliphatic carbocycles. The van der Waals surface area contributed by atoms with Gasteiger partial charge >= 0.3 is 5.97 Å². The van der Waals surface area contributed by atoms with Gasteiger partial charge in [-0.15, -0.1) is 0 Å². The van der Waals surface area contributed by atoms with Crippen LogP contribution in [0.3, 0.4) is 0 Å². The highest BCUT2D eigenvalue weighted by Crippen LogP contribution is 2.17. The lowest BCUT2D eigenvalue weighted by Gasteiger charge is -2.22. The van der Waals surface area contributed by atoms with Crippen LogP contribution in [0.4, 0.5) is 11.4 Å². The highest BCUT2D eigenvalue weighted by Gasteiger charge is 2.14. The second kappa shape index (κ2) is 8.72. The van der Waals surface area contributed by atoms with E-state index in [2.05, 4.69) is 17.1 Å². The number of nitrogens with zero attached hydrogens (tertiary/aromatic N) is 1. The number of rotatable bonds is 7. The molecule has 2 aromatic rings. The number of carbonyl (C=O) groups is 2. The summed E-state index contributed by atoms with van der Waals surface area (Å²) in [5, 5.41) is 2.79. The molecule has 0 radical (unpaired) electrons. The van der Waals surface area contributed by atoms with E-state index in [-0.39, 0.29) is 5.91 Å². The van der Waals surface area contributed by atoms with Gasteiger partial charge in [0.1, 0.15) is 0 Å². The smallest absolute Gasteiger partial charge is 0.339 e. The molecule has 24 heavy (non-hydrogen) atoms. The predicted molar refractivity (Wildman–Crippen MR) is 95.4 cm³/mol. The third-order valence-electron chi connectivity index (χ3n) is 3.72. The van der Waals surface area contributed by atoms with Gasteiger partial charge in [-0.3, -0.25) is 4.79 Å². The van der Waals surface area contributed by atoms with Crippen LogP contribution in [-0.2, 0) is 9.53 Å². The molecule has 0 saturated heterocycles. The fraction of sp³-hybridized carbons (Fsp3) is 0.263. The molecule has 1 N–H and O–H groups in total. The van der Waals surface area contributed by atoms with E-state index < -0.39 is 5.97 Å². The number of carbonyl (C=O) groups excluding carboxylic acids is 2. The van der Waals surface area contributed by atoms with Crippen molar-refractivity contribution in [3.8, 4) is 0 Å². The van der Waals surface area contributed by atoms with E-state index in [9.17, 15) is 9.59 Å². The molecule has 0 aromatic heterocycles. The van der Waals surface area contributed by atoms with Gasteiger partial charge in [0.15, 0.2) is 0 Å². The summed E-state index contributed by atoms with van der Waals surface area (Å²) in [6.45, 7) is 3.47. The number of methoxy groups -OCH3 is 1. The number of hydrogen-bond donors (Lipinski definition) is 1. The predicted octanol–water partition coefficient (Wildman–Crippen LogP) is 3.33. The lowest BCUT2D eigenvalue weighted by molar-refractivity contribution is -0.116. The number of amides is 1. The average Bonchev–Trinajstić information content (AvgIpc) is 2.63. The Bertz CT molecular complexity index is 686. The summed E-state index contributed by atoms with van der Waals surface area (Å²) < 4.78 is 4.73. The summed E-state index contributed by atoms with van der Waals surface area (Å²) in [5.41, 5.74) is 1.91. The molecule has 2 aromatic carbocycles. The van der Waals surface area contributed by atoms with Crippen LogP contribution in [0.15, 0.2) is 54.6 Å². The average molecular weight is 326 g/mol. The van der Waals surface area contributed by atoms with Crippen LogP contribution in [0.1, 0.15) is 23.7 Å². The van der Waals surface area contributed by atoms with E-state index in [0.717, 1.165) is 12.2 Å². The van der Waals surface area contributed by atoms with Gasteiger partial charge in [0, 0.05) is 25.2 Å². The molecule has 0 atom stereocenters. The third-order valence-corrected chi connectivity index (χ3v) is 3.72. The summed E-state index contributed by atoms with van der Waals surface area (Å²) in [7, 11) is 1.32. The molecule has 1 amide bonds. The minimum atomic E-state index is -0.467. The number of anilines is 2. The van der Waals surface area contributed by atoms with Gasteiger partial charge < -0.3 is 15.0 Å². The number of hydrogen-bond acceptors (Lipinski definition) is 4. The zero-order valence-electron chi connectivity index (χ0n) is 14.0. The van der Waals surface area contributed by atoms with E-state index >= 15 is 0 Å². The Morgan fingerprint density at radius 3 is 2.38 bits per heavy atom. The first-order valence-electron chi connectivity index (χ1n) is 7.93. The summed E-state index contributed by atoms with van der Waals surface area (Å²) in [4.78, 5) is 26.1. The largest absolute Gasteiger partial charge is 0.465 e. The van der Waals surface area contributed by atoms with Crippen molar-refractivity contribution in [2.75, 3.05) is 30.4 Å². The highest BCUT2D eigenvalue weighted by molar-refractivity contribution is 6.01. The van der Waals surface area contributed by atoms with Crippen molar-refractivity contribution in [2.45, 2.75) is 13.3 Å². The van der Waals surface area contributed by atoms with Crippen molar-refractivity contribution >= 4 is 23.3 Å². The third kappa shape index (κ3) is 4.59. The van der Waals surface area contributed by atoms with E-state index in [1.165, 1.54) is 7.11 Å². The normalized spacial score (nSPS) is 10.1. The van der Waals surface area contributed by atoms with Crippen molar-refractivity contribution in [2.24, 2.45) is 0 Å². The molecule has 0 spiro atoms. The maximum absolute atomic E-state index is 12.2. The Kier molecular flexibility index (Phi) is 6.37. The molecular weight excluding hydrogens is 304 g/mol. The Morgan fingerprint density at radius 2 is 1.71 bits per heavy atom. The number of nitrogens with one attached hydrogen (secondary N) is 1. The minimum Gasteiger partial charge on any atom is -0.465 e. The summed E-state index contributed by atoms with van der Waals surface area (Å²) in [5.74, 6) is -0.605. The second-order valence-corrected chi connectivity index (χ2v) is 5.25. The summed E-state index contributed by atoms with van der Waals surface area (Å²) in [6.07, 6.45) is 0.332. The fourth-order valence-electron chi connectivity index (χ4n) is 2.44. The van der Waals surface area contributed by atoms with Crippen molar-refractivity contribution in [3.05, 3.63) is 60.2 Å². The van der Waals surface area contributed by atoms with Crippen molar-refractivity contribution < 1.29 is 14.3 Å². The zero-order valence-corrected chi connectivity index (χ0v) is 14.0. The first-order valence-corrected chi connectivity index (χ1v) is 7.93. The highest BCUT2D eigenvalue weighted by atomic mass is 16.5. The Hall–Kier alpha value is -2.82. The Morgan fingerprint density at radius 1 is 1.04 bits per heavy atom. The zero-order chi connectivity index (χ0) is 17.4. The van der Waals surface area contributed by atoms with Gasteiger partial charge in [0.05, 0.1) is 18.4 Å². The fourth-order valence-corrected chi connectivity index (χ4v) is 2.44. The molecule has 0 aliphatic rings. The molecule has 0 fully saturated rings. The summed E-state index contributed by atoms with van der Waals surface area (Å²) >= 11 is 0. The van der Waals surface area contributed by atoms with Crippen LogP contribution >= 0.6 is 0 Å². The second-order valence-electron chi connectivity index (χ2n) is 5.25. The SMILES string of the molecule is CCN(CCC(=O)Nc1ccccc1C(=O)OC)c1ccccc1. The van der Waals surface area contributed by atoms with Crippen molar-refractivity contribution in [1.82, 2.24) is 0 Å². The molecule has 126 valence electrons. The Labute approximate surface area is 142 Å². The number of para-hydroxylation sites is 2. The molecule has 0 unspecified atom stereocenters. The molecule has 5 nitrogen and oxygen atoms in total. The Balaban J connectivity index is 1.98. The van der Waals surface area contributed by atoms with Crippen molar-refractivity contribution in [1.29, 1.82) is 0 Å². The van der Waals surface area contributed by atoms with E-state index in [1.807, 2.05) is 30.3 Å². The quantitative estimate of drug-likeness (QED) is 0.793. The van der Waals surface area contributed by atoms with Gasteiger partial charge in [0.25, 0.3) is 0 Å². The van der Waals surface area contributed by atoms with Crippen LogP contribution in [0, 0.1) is 0 Å². The molecular formula is C19H22N2O3. The van der Waals surface area contributed by atoms with Crippen LogP contribution in [-0.4, -0.2) is 32.1 Å². The van der Waals surface area contributed by atoms with Crippen LogP contribution in [0.2, 0.25) is 0 Å². The van der Waals surface area contributed by atoms with Crippen molar-refractivity contribution in [3.63, 3.8) is 0 Å². The van der Waals surface area contributed by atoms with Gasteiger partial charge in [-0.1, -0.05) is 30.3 Å². The molecule has 5 heteroatoms. The first-order chi connectivity index (χ1) is 11.7. The molecule has 0 saturated carbocycles. The number of esters is 1. The lowest BCUT2D eigenvalue weighted by atomic mass is 10.1. The van der Waals surface area contributed by atoms with E-state index in [0.29, 0.717) is 24.2 Å². The summed E-state index contributed by atoms with van der Waals surface area (Å²) in [6, 6.07) is 16.8. The molecule has 0 bridgehead atoms. The van der Waals surface area contributed by atoms with Gasteiger partial charge in [-0.25, -0.2) is 4.79 Å². The first kappa shape index (κ1) is 17.5. The monoisotopic (exact) mass is 326 g/mol. The van der Waals surface area contributed by atoms with Gasteiger partial charge in [0.2, 0.25) is 5.91 Å². The molecule has 0 heterocycles. The minimum absolute atomic E-state index is 0.138. The van der Waals surface area contributed by atoms with Crippen LogP contribution in [0.5, 0.6) is 0 Å². The topological polar surface area (TPSA) is 58.6 Å². The van der Waals surface area contributed by atoms with E-state index in [4.69, 9.17) is 4.74 Å².